The molecule has 21 heavy (non-hydrogen) atoms. The van der Waals surface area contributed by atoms with Crippen LogP contribution in [0.3, 0.4) is 0 Å². The molecular weight excluding hydrogens is 358 g/mol. The molecule has 0 aliphatic carbocycles. The van der Waals surface area contributed by atoms with Crippen LogP contribution in [0.2, 0.25) is 0 Å². The molecule has 1 unspecified atom stereocenters. The zero-order valence-corrected chi connectivity index (χ0v) is 11.8. The number of carboxylic acids is 2. The largest absolute Gasteiger partial charge is 0.481 e. The van der Waals surface area contributed by atoms with E-state index in [4.69, 9.17) is 10.2 Å². The van der Waals surface area contributed by atoms with Crippen molar-refractivity contribution in [3.05, 3.63) is 28.2 Å². The third kappa shape index (κ3) is 4.99. The van der Waals surface area contributed by atoms with Crippen LogP contribution in [0.5, 0.6) is 0 Å². The third-order valence-corrected chi connectivity index (χ3v) is 2.85. The normalized spacial score (nSPS) is 11.6. The average molecular weight is 367 g/mol. The first kappa shape index (κ1) is 16.8. The van der Waals surface area contributed by atoms with Gasteiger partial charge in [-0.1, -0.05) is 0 Å². The van der Waals surface area contributed by atoms with Crippen molar-refractivity contribution in [1.82, 2.24) is 5.32 Å². The molecule has 0 bridgehead atoms. The predicted octanol–water partition coefficient (Wildman–Crippen LogP) is 1.78. The molecule has 0 aromatic heterocycles. The number of hydrogen-bond acceptors (Lipinski definition) is 3. The quantitative estimate of drug-likeness (QED) is 0.592. The molecule has 0 radical (unpaired) electrons. The minimum absolute atomic E-state index is 0.112. The first-order chi connectivity index (χ1) is 9.70. The van der Waals surface area contributed by atoms with Gasteiger partial charge >= 0.3 is 18.0 Å². The number of carbonyl (C=O) groups excluding carboxylic acids is 1. The molecule has 0 heterocycles. The number of benzene rings is 1. The summed E-state index contributed by atoms with van der Waals surface area (Å²) in [6.07, 6.45) is -0.849. The SMILES string of the molecule is O=C(O)CC(NC(=O)Nc1cc(Br)c(F)cc1F)C(=O)O. The van der Waals surface area contributed by atoms with Gasteiger partial charge in [0, 0.05) is 6.07 Å². The van der Waals surface area contributed by atoms with Crippen molar-refractivity contribution in [3.8, 4) is 0 Å². The molecular formula is C11H9BrF2N2O5. The summed E-state index contributed by atoms with van der Waals surface area (Å²) >= 11 is 2.79. The Morgan fingerprint density at radius 2 is 1.81 bits per heavy atom. The second kappa shape index (κ2) is 6.97. The molecule has 1 atom stereocenters. The van der Waals surface area contributed by atoms with Gasteiger partial charge in [0.05, 0.1) is 16.6 Å². The zero-order chi connectivity index (χ0) is 16.2. The molecule has 0 aliphatic heterocycles. The highest BCUT2D eigenvalue weighted by atomic mass is 79.9. The van der Waals surface area contributed by atoms with Crippen LogP contribution in [-0.4, -0.2) is 34.2 Å². The maximum Gasteiger partial charge on any atom is 0.326 e. The molecule has 114 valence electrons. The summed E-state index contributed by atoms with van der Waals surface area (Å²) in [4.78, 5) is 32.7. The molecule has 1 rings (SSSR count). The van der Waals surface area contributed by atoms with Gasteiger partial charge in [0.1, 0.15) is 17.7 Å². The Morgan fingerprint density at radius 1 is 1.19 bits per heavy atom. The van der Waals surface area contributed by atoms with E-state index < -0.39 is 47.8 Å². The van der Waals surface area contributed by atoms with E-state index in [9.17, 15) is 23.2 Å². The van der Waals surface area contributed by atoms with Gasteiger partial charge in [-0.2, -0.15) is 0 Å². The third-order valence-electron chi connectivity index (χ3n) is 2.24. The highest BCUT2D eigenvalue weighted by molar-refractivity contribution is 9.10. The number of hydrogen-bond donors (Lipinski definition) is 4. The summed E-state index contributed by atoms with van der Waals surface area (Å²) in [7, 11) is 0. The van der Waals surface area contributed by atoms with E-state index in [1.54, 1.807) is 0 Å². The average Bonchev–Trinajstić information content (AvgIpc) is 2.34. The molecule has 10 heteroatoms. The maximum absolute atomic E-state index is 13.4. The molecule has 2 amide bonds. The molecule has 4 N–H and O–H groups in total. The lowest BCUT2D eigenvalue weighted by Crippen LogP contribution is -2.44. The van der Waals surface area contributed by atoms with Gasteiger partial charge < -0.3 is 20.8 Å². The highest BCUT2D eigenvalue weighted by Gasteiger charge is 2.23. The van der Waals surface area contributed by atoms with Gasteiger partial charge in [-0.15, -0.1) is 0 Å². The lowest BCUT2D eigenvalue weighted by Gasteiger charge is -2.14. The van der Waals surface area contributed by atoms with E-state index >= 15 is 0 Å². The van der Waals surface area contributed by atoms with Crippen molar-refractivity contribution in [2.45, 2.75) is 12.5 Å². The molecule has 7 nitrogen and oxygen atoms in total. The molecule has 0 saturated heterocycles. The van der Waals surface area contributed by atoms with E-state index in [2.05, 4.69) is 15.9 Å². The summed E-state index contributed by atoms with van der Waals surface area (Å²) in [6, 6.07) is -1.36. The number of anilines is 1. The topological polar surface area (TPSA) is 116 Å². The number of amides is 2. The smallest absolute Gasteiger partial charge is 0.326 e. The summed E-state index contributed by atoms with van der Waals surface area (Å²) in [5.41, 5.74) is -0.403. The first-order valence-electron chi connectivity index (χ1n) is 5.37. The first-order valence-corrected chi connectivity index (χ1v) is 6.16. The maximum atomic E-state index is 13.4. The summed E-state index contributed by atoms with van der Waals surface area (Å²) in [6.45, 7) is 0. The van der Waals surface area contributed by atoms with E-state index in [1.165, 1.54) is 0 Å². The minimum atomic E-state index is -1.69. The number of rotatable bonds is 5. The molecule has 1 aromatic carbocycles. The number of halogens is 3. The van der Waals surface area contributed by atoms with Crippen molar-refractivity contribution >= 4 is 39.6 Å². The summed E-state index contributed by atoms with van der Waals surface area (Å²) in [5, 5.41) is 21.0. The second-order valence-corrected chi connectivity index (χ2v) is 4.69. The molecule has 0 aliphatic rings. The lowest BCUT2D eigenvalue weighted by molar-refractivity contribution is -0.145. The van der Waals surface area contributed by atoms with E-state index in [0.29, 0.717) is 6.07 Å². The number of aliphatic carboxylic acids is 2. The van der Waals surface area contributed by atoms with Crippen molar-refractivity contribution in [1.29, 1.82) is 0 Å². The van der Waals surface area contributed by atoms with Crippen LogP contribution in [0.25, 0.3) is 0 Å². The fourth-order valence-electron chi connectivity index (χ4n) is 1.31. The fraction of sp³-hybridized carbons (Fsp3) is 0.182. The molecule has 1 aromatic rings. The Morgan fingerprint density at radius 3 is 2.33 bits per heavy atom. The van der Waals surface area contributed by atoms with Crippen LogP contribution >= 0.6 is 15.9 Å². The van der Waals surface area contributed by atoms with Gasteiger partial charge in [-0.05, 0) is 22.0 Å². The van der Waals surface area contributed by atoms with Crippen LogP contribution in [0.4, 0.5) is 19.3 Å². The minimum Gasteiger partial charge on any atom is -0.481 e. The molecule has 0 fully saturated rings. The highest BCUT2D eigenvalue weighted by Crippen LogP contribution is 2.23. The van der Waals surface area contributed by atoms with Crippen LogP contribution in [-0.2, 0) is 9.59 Å². The number of urea groups is 1. The predicted molar refractivity (Wildman–Crippen MR) is 69.9 cm³/mol. The van der Waals surface area contributed by atoms with Crippen molar-refractivity contribution in [2.24, 2.45) is 0 Å². The van der Waals surface area contributed by atoms with Crippen LogP contribution in [0.15, 0.2) is 16.6 Å². The standard InChI is InChI=1S/C11H9BrF2N2O5/c12-4-1-7(6(14)2-5(4)13)15-11(21)16-8(10(19)20)3-9(17)18/h1-2,8H,3H2,(H,17,18)(H,19,20)(H2,15,16,21). The van der Waals surface area contributed by atoms with Crippen molar-refractivity contribution in [2.75, 3.05) is 5.32 Å². The molecule has 0 spiro atoms. The van der Waals surface area contributed by atoms with Crippen LogP contribution in [0, 0.1) is 11.6 Å². The lowest BCUT2D eigenvalue weighted by atomic mass is 10.2. The zero-order valence-electron chi connectivity index (χ0n) is 10.2. The van der Waals surface area contributed by atoms with Crippen molar-refractivity contribution < 1.29 is 33.4 Å². The van der Waals surface area contributed by atoms with Crippen LogP contribution < -0.4 is 10.6 Å². The Kier molecular flexibility index (Phi) is 5.59. The number of carboxylic acid groups (broad SMARTS) is 2. The Bertz CT molecular complexity index is 596. The fourth-order valence-corrected chi connectivity index (χ4v) is 1.65. The molecule has 0 saturated carbocycles. The van der Waals surface area contributed by atoms with Gasteiger partial charge in [0.15, 0.2) is 0 Å². The van der Waals surface area contributed by atoms with Crippen LogP contribution in [0.1, 0.15) is 6.42 Å². The van der Waals surface area contributed by atoms with E-state index in [0.717, 1.165) is 6.07 Å². The van der Waals surface area contributed by atoms with Gasteiger partial charge in [0.25, 0.3) is 0 Å². The number of carbonyl (C=O) groups is 3. The Balaban J connectivity index is 2.79. The summed E-state index contributed by atoms with van der Waals surface area (Å²) in [5.74, 6) is -4.95. The Labute approximate surface area is 125 Å². The summed E-state index contributed by atoms with van der Waals surface area (Å²) < 4.78 is 26.3. The van der Waals surface area contributed by atoms with Gasteiger partial charge in [0.2, 0.25) is 0 Å². The monoisotopic (exact) mass is 366 g/mol. The van der Waals surface area contributed by atoms with Crippen molar-refractivity contribution in [3.63, 3.8) is 0 Å². The van der Waals surface area contributed by atoms with Gasteiger partial charge in [-0.25, -0.2) is 18.4 Å². The van der Waals surface area contributed by atoms with E-state index in [-0.39, 0.29) is 4.47 Å². The Hall–Kier alpha value is -2.23. The van der Waals surface area contributed by atoms with E-state index in [1.807, 2.05) is 10.6 Å². The van der Waals surface area contributed by atoms with Gasteiger partial charge in [-0.3, -0.25) is 4.79 Å². The number of nitrogens with one attached hydrogen (secondary N) is 2. The second-order valence-electron chi connectivity index (χ2n) is 3.83.